The molecule has 2 aromatic rings. The third-order valence-corrected chi connectivity index (χ3v) is 6.35. The normalized spacial score (nSPS) is 19.8. The number of anilines is 3. The van der Waals surface area contributed by atoms with Crippen molar-refractivity contribution in [2.75, 3.05) is 68.5 Å². The number of hydrogen-bond acceptors (Lipinski definition) is 9. The maximum absolute atomic E-state index is 13.2. The van der Waals surface area contributed by atoms with E-state index < -0.39 is 0 Å². The molecule has 2 fully saturated rings. The fourth-order valence-electron chi connectivity index (χ4n) is 4.45. The third-order valence-electron chi connectivity index (χ3n) is 6.35. The number of morpholine rings is 1. The third kappa shape index (κ3) is 4.17. The lowest BCUT2D eigenvalue weighted by Crippen LogP contribution is -2.48. The molecule has 0 aliphatic carbocycles. The fourth-order valence-corrected chi connectivity index (χ4v) is 4.45. The quantitative estimate of drug-likeness (QED) is 0.704. The number of aromatic nitrogens is 4. The summed E-state index contributed by atoms with van der Waals surface area (Å²) in [6, 6.07) is 0.0951. The van der Waals surface area contributed by atoms with E-state index in [2.05, 4.69) is 32.1 Å². The van der Waals surface area contributed by atoms with Crippen molar-refractivity contribution in [1.82, 2.24) is 30.2 Å². The average molecular weight is 440 g/mol. The number of amides is 2. The number of ether oxygens (including phenoxy) is 1. The molecule has 0 aromatic carbocycles. The number of hydrogen-bond donors (Lipinski definition) is 2. The number of carbonyl (C=O) groups excluding carboxylic acids is 1. The van der Waals surface area contributed by atoms with Gasteiger partial charge in [-0.25, -0.2) is 19.7 Å². The van der Waals surface area contributed by atoms with Crippen LogP contribution in [0, 0.1) is 0 Å². The molecule has 0 bridgehead atoms. The lowest BCUT2D eigenvalue weighted by molar-refractivity contribution is 0.122. The summed E-state index contributed by atoms with van der Waals surface area (Å²) >= 11 is 0. The number of nitrogens with two attached hydrogens (primary N) is 1. The van der Waals surface area contributed by atoms with Crippen LogP contribution in [0.25, 0.3) is 11.3 Å². The van der Waals surface area contributed by atoms with Gasteiger partial charge in [0.25, 0.3) is 0 Å². The van der Waals surface area contributed by atoms with Crippen LogP contribution in [0.2, 0.25) is 0 Å². The predicted octanol–water partition coefficient (Wildman–Crippen LogP) is 0.519. The highest BCUT2D eigenvalue weighted by molar-refractivity contribution is 5.94. The Hall–Kier alpha value is -3.05. The summed E-state index contributed by atoms with van der Waals surface area (Å²) in [6.07, 6.45) is 5.95. The summed E-state index contributed by atoms with van der Waals surface area (Å²) < 4.78 is 5.48. The number of nitrogen functional groups attached to an aromatic ring is 1. The van der Waals surface area contributed by atoms with E-state index in [4.69, 9.17) is 20.4 Å². The van der Waals surface area contributed by atoms with Gasteiger partial charge in [-0.05, 0) is 39.4 Å². The number of piperidine rings is 1. The van der Waals surface area contributed by atoms with Gasteiger partial charge in [0.05, 0.1) is 18.9 Å². The van der Waals surface area contributed by atoms with Crippen LogP contribution in [0.15, 0.2) is 12.4 Å². The molecule has 0 radical (unpaired) electrons. The number of nitrogens with zero attached hydrogens (tertiary/aromatic N) is 7. The first-order valence-corrected chi connectivity index (χ1v) is 11.2. The van der Waals surface area contributed by atoms with Crippen molar-refractivity contribution in [3.05, 3.63) is 18.0 Å². The summed E-state index contributed by atoms with van der Waals surface area (Å²) in [5.74, 6) is 1.48. The summed E-state index contributed by atoms with van der Waals surface area (Å²) in [6.45, 7) is 5.22. The Balaban J connectivity index is 1.47. The molecule has 3 aliphatic heterocycles. The molecule has 0 spiro atoms. The molecule has 3 N–H and O–H groups in total. The van der Waals surface area contributed by atoms with Crippen molar-refractivity contribution in [3.63, 3.8) is 0 Å². The lowest BCUT2D eigenvalue weighted by atomic mass is 10.1. The molecule has 5 rings (SSSR count). The van der Waals surface area contributed by atoms with E-state index in [9.17, 15) is 4.79 Å². The SMILES string of the molecule is CN1CCC(NC(=O)N2CCc3c(-c4cnc(N)nc4)nc(N4CCOCC4)nc32)CC1. The first kappa shape index (κ1) is 20.8. The minimum atomic E-state index is -0.0931. The summed E-state index contributed by atoms with van der Waals surface area (Å²) in [7, 11) is 2.11. The van der Waals surface area contributed by atoms with Gasteiger partial charge >= 0.3 is 6.03 Å². The zero-order valence-corrected chi connectivity index (χ0v) is 18.3. The van der Waals surface area contributed by atoms with E-state index in [-0.39, 0.29) is 18.0 Å². The number of urea groups is 1. The molecule has 2 aromatic heterocycles. The van der Waals surface area contributed by atoms with Gasteiger partial charge in [0, 0.05) is 49.2 Å². The summed E-state index contributed by atoms with van der Waals surface area (Å²) in [5.41, 5.74) is 8.15. The van der Waals surface area contributed by atoms with Crippen LogP contribution < -0.4 is 20.9 Å². The maximum atomic E-state index is 13.2. The lowest BCUT2D eigenvalue weighted by Gasteiger charge is -2.31. The first-order chi connectivity index (χ1) is 15.6. The number of fused-ring (bicyclic) bond motifs is 1. The van der Waals surface area contributed by atoms with Crippen molar-refractivity contribution in [2.45, 2.75) is 25.3 Å². The van der Waals surface area contributed by atoms with Crippen LogP contribution in [0.5, 0.6) is 0 Å². The van der Waals surface area contributed by atoms with Crippen LogP contribution in [-0.2, 0) is 11.2 Å². The second-order valence-electron chi connectivity index (χ2n) is 8.53. The van der Waals surface area contributed by atoms with Crippen molar-refractivity contribution < 1.29 is 9.53 Å². The van der Waals surface area contributed by atoms with Gasteiger partial charge in [0.1, 0.15) is 5.82 Å². The van der Waals surface area contributed by atoms with Crippen molar-refractivity contribution in [2.24, 2.45) is 0 Å². The molecule has 0 saturated carbocycles. The molecular weight excluding hydrogens is 410 g/mol. The first-order valence-electron chi connectivity index (χ1n) is 11.2. The molecular formula is C21H29N9O2. The zero-order chi connectivity index (χ0) is 22.1. The van der Waals surface area contributed by atoms with Crippen LogP contribution in [0.1, 0.15) is 18.4 Å². The van der Waals surface area contributed by atoms with Crippen LogP contribution >= 0.6 is 0 Å². The van der Waals surface area contributed by atoms with Crippen molar-refractivity contribution >= 4 is 23.7 Å². The predicted molar refractivity (Wildman–Crippen MR) is 121 cm³/mol. The van der Waals surface area contributed by atoms with E-state index in [1.165, 1.54) is 0 Å². The Morgan fingerprint density at radius 1 is 1.09 bits per heavy atom. The second kappa shape index (κ2) is 8.83. The molecule has 2 saturated heterocycles. The smallest absolute Gasteiger partial charge is 0.323 e. The molecule has 11 heteroatoms. The Bertz CT molecular complexity index is 970. The van der Waals surface area contributed by atoms with Gasteiger partial charge in [0.2, 0.25) is 11.9 Å². The molecule has 0 unspecified atom stereocenters. The number of rotatable bonds is 3. The fraction of sp³-hybridized carbons (Fsp3) is 0.571. The van der Waals surface area contributed by atoms with E-state index in [0.717, 1.165) is 42.8 Å². The number of carbonyl (C=O) groups is 1. The van der Waals surface area contributed by atoms with E-state index in [1.54, 1.807) is 17.3 Å². The second-order valence-corrected chi connectivity index (χ2v) is 8.53. The van der Waals surface area contributed by atoms with Gasteiger partial charge < -0.3 is 25.6 Å². The van der Waals surface area contributed by atoms with E-state index in [0.29, 0.717) is 51.0 Å². The number of nitrogens with one attached hydrogen (secondary N) is 1. The van der Waals surface area contributed by atoms with Gasteiger partial charge in [0.15, 0.2) is 0 Å². The maximum Gasteiger partial charge on any atom is 0.323 e. The van der Waals surface area contributed by atoms with Gasteiger partial charge in [-0.2, -0.15) is 4.98 Å². The van der Waals surface area contributed by atoms with Crippen LogP contribution in [-0.4, -0.2) is 89.9 Å². The minimum Gasteiger partial charge on any atom is -0.378 e. The summed E-state index contributed by atoms with van der Waals surface area (Å²) in [4.78, 5) is 37.3. The van der Waals surface area contributed by atoms with Gasteiger partial charge in [-0.1, -0.05) is 0 Å². The van der Waals surface area contributed by atoms with Crippen LogP contribution in [0.4, 0.5) is 22.5 Å². The van der Waals surface area contributed by atoms with Gasteiger partial charge in [-0.15, -0.1) is 0 Å². The molecule has 32 heavy (non-hydrogen) atoms. The Morgan fingerprint density at radius 3 is 2.53 bits per heavy atom. The van der Waals surface area contributed by atoms with E-state index in [1.807, 2.05) is 0 Å². The van der Waals surface area contributed by atoms with Crippen LogP contribution in [0.3, 0.4) is 0 Å². The molecule has 5 heterocycles. The minimum absolute atomic E-state index is 0.0931. The largest absolute Gasteiger partial charge is 0.378 e. The Morgan fingerprint density at radius 2 is 1.81 bits per heavy atom. The Kier molecular flexibility index (Phi) is 5.75. The molecule has 0 atom stereocenters. The van der Waals surface area contributed by atoms with Gasteiger partial charge in [-0.3, -0.25) is 4.90 Å². The number of likely N-dealkylation sites (tertiary alicyclic amines) is 1. The monoisotopic (exact) mass is 439 g/mol. The molecule has 11 nitrogen and oxygen atoms in total. The van der Waals surface area contributed by atoms with Crippen molar-refractivity contribution in [3.8, 4) is 11.3 Å². The highest BCUT2D eigenvalue weighted by atomic mass is 16.5. The summed E-state index contributed by atoms with van der Waals surface area (Å²) in [5, 5.41) is 3.21. The topological polar surface area (TPSA) is 126 Å². The highest BCUT2D eigenvalue weighted by Gasteiger charge is 2.33. The Labute approximate surface area is 187 Å². The molecule has 2 amide bonds. The highest BCUT2D eigenvalue weighted by Crippen LogP contribution is 2.35. The van der Waals surface area contributed by atoms with E-state index >= 15 is 0 Å². The molecule has 170 valence electrons. The molecule has 3 aliphatic rings. The standard InChI is InChI=1S/C21H29N9O2/c1-28-5-2-15(3-6-28)25-21(31)30-7-4-16-17(14-12-23-19(22)24-13-14)26-20(27-18(16)30)29-8-10-32-11-9-29/h12-13,15H,2-11H2,1H3,(H,25,31)(H2,22,23,24). The zero-order valence-electron chi connectivity index (χ0n) is 18.3. The van der Waals surface area contributed by atoms with Crippen molar-refractivity contribution in [1.29, 1.82) is 0 Å². The average Bonchev–Trinajstić information content (AvgIpc) is 3.25.